The van der Waals surface area contributed by atoms with Crippen molar-refractivity contribution in [2.45, 2.75) is 96.8 Å². The maximum absolute atomic E-state index is 12.6. The van der Waals surface area contributed by atoms with Gasteiger partial charge >= 0.3 is 0 Å². The van der Waals surface area contributed by atoms with Gasteiger partial charge in [-0.05, 0) is 44.4 Å². The fourth-order valence-electron chi connectivity index (χ4n) is 3.84. The van der Waals surface area contributed by atoms with E-state index in [1.54, 1.807) is 0 Å². The maximum atomic E-state index is 12.6. The molecule has 0 radical (unpaired) electrons. The average Bonchev–Trinajstić information content (AvgIpc) is 2.58. The molecule has 0 aromatic heterocycles. The van der Waals surface area contributed by atoms with Crippen molar-refractivity contribution in [3.8, 4) is 0 Å². The molecule has 1 unspecified atom stereocenters. The second kappa shape index (κ2) is 13.8. The zero-order valence-electron chi connectivity index (χ0n) is 15.3. The number of carbonyl (C=O) groups excluding carboxylic acids is 1. The van der Waals surface area contributed by atoms with E-state index in [0.29, 0.717) is 11.8 Å². The summed E-state index contributed by atoms with van der Waals surface area (Å²) in [4.78, 5) is 12.6. The second-order valence-electron chi connectivity index (χ2n) is 7.28. The molecule has 0 saturated heterocycles. The van der Waals surface area contributed by atoms with Crippen molar-refractivity contribution in [3.63, 3.8) is 0 Å². The molecular weight excluding hydrogens is 286 g/mol. The first kappa shape index (κ1) is 20.5. The Morgan fingerprint density at radius 3 is 2.39 bits per heavy atom. The number of carbonyl (C=O) groups is 1. The normalized spacial score (nSPS) is 17.1. The molecule has 2 N–H and O–H groups in total. The molecule has 1 amide bonds. The lowest BCUT2D eigenvalue weighted by Gasteiger charge is -2.29. The largest absolute Gasteiger partial charge is 0.396 e. The lowest BCUT2D eigenvalue weighted by molar-refractivity contribution is -0.127. The maximum Gasteiger partial charge on any atom is 0.223 e. The van der Waals surface area contributed by atoms with Crippen molar-refractivity contribution in [2.24, 2.45) is 11.8 Å². The van der Waals surface area contributed by atoms with Crippen LogP contribution in [0.1, 0.15) is 96.8 Å². The van der Waals surface area contributed by atoms with Gasteiger partial charge in [-0.3, -0.25) is 4.79 Å². The van der Waals surface area contributed by atoms with Gasteiger partial charge in [0.15, 0.2) is 0 Å². The molecule has 3 heteroatoms. The molecule has 3 nitrogen and oxygen atoms in total. The Bertz CT molecular complexity index is 287. The average molecular weight is 326 g/mol. The van der Waals surface area contributed by atoms with E-state index >= 15 is 0 Å². The molecule has 0 bridgehead atoms. The van der Waals surface area contributed by atoms with Gasteiger partial charge in [0, 0.05) is 19.1 Å². The van der Waals surface area contributed by atoms with E-state index in [9.17, 15) is 4.79 Å². The molecule has 0 aromatic rings. The summed E-state index contributed by atoms with van der Waals surface area (Å²) in [5.41, 5.74) is 0. The van der Waals surface area contributed by atoms with Crippen LogP contribution in [0.3, 0.4) is 0 Å². The van der Waals surface area contributed by atoms with Crippen LogP contribution < -0.4 is 5.32 Å². The van der Waals surface area contributed by atoms with E-state index in [4.69, 9.17) is 5.11 Å². The smallest absolute Gasteiger partial charge is 0.223 e. The number of amides is 1. The Balaban J connectivity index is 2.34. The van der Waals surface area contributed by atoms with Crippen LogP contribution in [0.5, 0.6) is 0 Å². The zero-order chi connectivity index (χ0) is 16.8. The summed E-state index contributed by atoms with van der Waals surface area (Å²) < 4.78 is 0. The molecule has 1 fully saturated rings. The standard InChI is InChI=1S/C20H39NO2/c1-2-3-4-5-10-15-19(18-13-8-6-9-14-18)20(23)21-16-11-7-12-17-22/h18-19,22H,2-17H2,1H3,(H,21,23). The molecule has 1 atom stereocenters. The van der Waals surface area contributed by atoms with E-state index < -0.39 is 0 Å². The number of aliphatic hydroxyl groups is 1. The molecule has 1 rings (SSSR count). The van der Waals surface area contributed by atoms with E-state index in [1.165, 1.54) is 64.2 Å². The highest BCUT2D eigenvalue weighted by Gasteiger charge is 2.28. The monoisotopic (exact) mass is 325 g/mol. The number of unbranched alkanes of at least 4 members (excludes halogenated alkanes) is 6. The van der Waals surface area contributed by atoms with Gasteiger partial charge in [-0.25, -0.2) is 0 Å². The molecule has 23 heavy (non-hydrogen) atoms. The van der Waals surface area contributed by atoms with Crippen LogP contribution in [0.4, 0.5) is 0 Å². The van der Waals surface area contributed by atoms with Crippen molar-refractivity contribution in [3.05, 3.63) is 0 Å². The van der Waals surface area contributed by atoms with Crippen LogP contribution in [0.2, 0.25) is 0 Å². The molecule has 1 aliphatic rings. The third-order valence-electron chi connectivity index (χ3n) is 5.31. The summed E-state index contributed by atoms with van der Waals surface area (Å²) in [6.45, 7) is 3.28. The van der Waals surface area contributed by atoms with E-state index in [0.717, 1.165) is 32.2 Å². The Hall–Kier alpha value is -0.570. The molecule has 1 aliphatic carbocycles. The van der Waals surface area contributed by atoms with Gasteiger partial charge in [0.05, 0.1) is 0 Å². The Labute approximate surface area is 143 Å². The highest BCUT2D eigenvalue weighted by atomic mass is 16.2. The van der Waals surface area contributed by atoms with Crippen LogP contribution in [0.25, 0.3) is 0 Å². The minimum Gasteiger partial charge on any atom is -0.396 e. The lowest BCUT2D eigenvalue weighted by atomic mass is 9.77. The SMILES string of the molecule is CCCCCCCC(C(=O)NCCCCCO)C1CCCCC1. The third kappa shape index (κ3) is 9.34. The predicted octanol–water partition coefficient (Wildman–Crippen LogP) is 4.82. The lowest BCUT2D eigenvalue weighted by Crippen LogP contribution is -2.36. The first-order chi connectivity index (χ1) is 11.3. The van der Waals surface area contributed by atoms with Gasteiger partial charge in [-0.15, -0.1) is 0 Å². The van der Waals surface area contributed by atoms with Gasteiger partial charge in [0.25, 0.3) is 0 Å². The van der Waals surface area contributed by atoms with Crippen molar-refractivity contribution in [1.82, 2.24) is 5.32 Å². The van der Waals surface area contributed by atoms with Gasteiger partial charge in [-0.1, -0.05) is 58.3 Å². The van der Waals surface area contributed by atoms with Gasteiger partial charge in [-0.2, -0.15) is 0 Å². The number of nitrogens with one attached hydrogen (secondary N) is 1. The van der Waals surface area contributed by atoms with E-state index in [-0.39, 0.29) is 12.5 Å². The van der Waals surface area contributed by atoms with Gasteiger partial charge in [0.2, 0.25) is 5.91 Å². The van der Waals surface area contributed by atoms with Crippen LogP contribution in [-0.4, -0.2) is 24.2 Å². The first-order valence-corrected chi connectivity index (χ1v) is 10.2. The van der Waals surface area contributed by atoms with Crippen LogP contribution in [0.15, 0.2) is 0 Å². The minimum atomic E-state index is 0.245. The fourth-order valence-corrected chi connectivity index (χ4v) is 3.84. The minimum absolute atomic E-state index is 0.245. The molecule has 1 saturated carbocycles. The summed E-state index contributed by atoms with van der Waals surface area (Å²) in [6.07, 6.45) is 16.8. The first-order valence-electron chi connectivity index (χ1n) is 10.2. The van der Waals surface area contributed by atoms with Crippen LogP contribution >= 0.6 is 0 Å². The predicted molar refractivity (Wildman–Crippen MR) is 97.4 cm³/mol. The van der Waals surface area contributed by atoms with E-state index in [2.05, 4.69) is 12.2 Å². The highest BCUT2D eigenvalue weighted by molar-refractivity contribution is 5.78. The van der Waals surface area contributed by atoms with Gasteiger partial charge < -0.3 is 10.4 Å². The molecule has 0 heterocycles. The van der Waals surface area contributed by atoms with Crippen LogP contribution in [0, 0.1) is 11.8 Å². The van der Waals surface area contributed by atoms with Crippen molar-refractivity contribution < 1.29 is 9.90 Å². The Morgan fingerprint density at radius 1 is 1.00 bits per heavy atom. The number of rotatable bonds is 13. The third-order valence-corrected chi connectivity index (χ3v) is 5.31. The van der Waals surface area contributed by atoms with Crippen molar-refractivity contribution >= 4 is 5.91 Å². The van der Waals surface area contributed by atoms with Crippen molar-refractivity contribution in [1.29, 1.82) is 0 Å². The topological polar surface area (TPSA) is 49.3 Å². The molecule has 136 valence electrons. The quantitative estimate of drug-likeness (QED) is 0.477. The number of aliphatic hydroxyl groups excluding tert-OH is 1. The molecular formula is C20H39NO2. The van der Waals surface area contributed by atoms with Crippen molar-refractivity contribution in [2.75, 3.05) is 13.2 Å². The molecule has 0 aliphatic heterocycles. The summed E-state index contributed by atoms with van der Waals surface area (Å²) >= 11 is 0. The molecule has 0 aromatic carbocycles. The second-order valence-corrected chi connectivity index (χ2v) is 7.28. The summed E-state index contributed by atoms with van der Waals surface area (Å²) in [6, 6.07) is 0. The fraction of sp³-hybridized carbons (Fsp3) is 0.950. The van der Waals surface area contributed by atoms with Crippen LogP contribution in [-0.2, 0) is 4.79 Å². The summed E-state index contributed by atoms with van der Waals surface area (Å²) in [5, 5.41) is 12.0. The Kier molecular flexibility index (Phi) is 12.3. The number of hydrogen-bond donors (Lipinski definition) is 2. The zero-order valence-corrected chi connectivity index (χ0v) is 15.3. The highest BCUT2D eigenvalue weighted by Crippen LogP contribution is 2.33. The Morgan fingerprint density at radius 2 is 1.70 bits per heavy atom. The summed E-state index contributed by atoms with van der Waals surface area (Å²) in [5.74, 6) is 1.17. The molecule has 0 spiro atoms. The van der Waals surface area contributed by atoms with Gasteiger partial charge in [0.1, 0.15) is 0 Å². The van der Waals surface area contributed by atoms with E-state index in [1.807, 2.05) is 0 Å². The summed E-state index contributed by atoms with van der Waals surface area (Å²) in [7, 11) is 0. The number of hydrogen-bond acceptors (Lipinski definition) is 2.